The molecule has 26 heavy (non-hydrogen) atoms. The van der Waals surface area contributed by atoms with Crippen molar-refractivity contribution in [2.45, 2.75) is 11.8 Å². The lowest BCUT2D eigenvalue weighted by Crippen LogP contribution is -2.15. The normalized spacial score (nSPS) is 11.5. The van der Waals surface area contributed by atoms with E-state index in [2.05, 4.69) is 10.6 Å². The molecule has 4 N–H and O–H groups in total. The zero-order chi connectivity index (χ0) is 19.3. The Labute approximate surface area is 150 Å². The molecule has 0 aliphatic carbocycles. The first-order chi connectivity index (χ1) is 12.2. The van der Waals surface area contributed by atoms with Gasteiger partial charge in [-0.3, -0.25) is 9.35 Å². The lowest BCUT2D eigenvalue weighted by Gasteiger charge is -2.08. The number of carbonyl (C=O) groups excluding carboxylic acids is 1. The molecule has 134 valence electrons. The maximum atomic E-state index is 12.2. The fourth-order valence-electron chi connectivity index (χ4n) is 2.03. The molecule has 0 atom stereocenters. The molecule has 0 heterocycles. The molecule has 9 heteroatoms. The van der Waals surface area contributed by atoms with Gasteiger partial charge in [0.05, 0.1) is 4.90 Å². The standard InChI is InChI=1S/C17H15N3O5S/c1-11-7-14(21)5-6-16(11)20-17(22)12(9-18)10-19-13-3-2-4-15(8-13)26(23,24)25/h2-8,10,19,21H,1H3,(H,20,22)(H,23,24,25)/b12-10-. The Morgan fingerprint density at radius 1 is 1.23 bits per heavy atom. The molecule has 0 fully saturated rings. The van der Waals surface area contributed by atoms with Crippen LogP contribution in [0.1, 0.15) is 5.56 Å². The van der Waals surface area contributed by atoms with Crippen LogP contribution in [-0.2, 0) is 14.9 Å². The molecule has 2 aromatic carbocycles. The van der Waals surface area contributed by atoms with Crippen LogP contribution in [0, 0.1) is 18.3 Å². The van der Waals surface area contributed by atoms with Gasteiger partial charge in [-0.1, -0.05) is 6.07 Å². The monoisotopic (exact) mass is 373 g/mol. The summed E-state index contributed by atoms with van der Waals surface area (Å²) in [5, 5.41) is 23.7. The first-order valence-electron chi connectivity index (χ1n) is 7.26. The van der Waals surface area contributed by atoms with E-state index in [0.29, 0.717) is 11.3 Å². The SMILES string of the molecule is Cc1cc(O)ccc1NC(=O)/C(C#N)=C\Nc1cccc(S(=O)(=O)O)c1. The van der Waals surface area contributed by atoms with Gasteiger partial charge in [-0.15, -0.1) is 0 Å². The van der Waals surface area contributed by atoms with Crippen molar-refractivity contribution in [2.75, 3.05) is 10.6 Å². The van der Waals surface area contributed by atoms with E-state index in [4.69, 9.17) is 9.81 Å². The van der Waals surface area contributed by atoms with Gasteiger partial charge in [0, 0.05) is 17.6 Å². The van der Waals surface area contributed by atoms with Gasteiger partial charge in [0.15, 0.2) is 0 Å². The highest BCUT2D eigenvalue weighted by atomic mass is 32.2. The van der Waals surface area contributed by atoms with E-state index in [1.165, 1.54) is 36.4 Å². The number of nitriles is 1. The van der Waals surface area contributed by atoms with Crippen LogP contribution in [0.25, 0.3) is 0 Å². The predicted octanol–water partition coefficient (Wildman–Crippen LogP) is 2.41. The van der Waals surface area contributed by atoms with Gasteiger partial charge >= 0.3 is 0 Å². The fraction of sp³-hybridized carbons (Fsp3) is 0.0588. The van der Waals surface area contributed by atoms with Crippen molar-refractivity contribution in [1.82, 2.24) is 0 Å². The number of nitrogens with one attached hydrogen (secondary N) is 2. The van der Waals surface area contributed by atoms with Gasteiger partial charge in [-0.2, -0.15) is 13.7 Å². The molecular weight excluding hydrogens is 358 g/mol. The van der Waals surface area contributed by atoms with E-state index in [-0.39, 0.29) is 21.9 Å². The summed E-state index contributed by atoms with van der Waals surface area (Å²) in [6.07, 6.45) is 1.12. The van der Waals surface area contributed by atoms with E-state index in [1.54, 1.807) is 13.0 Å². The number of aromatic hydroxyl groups is 1. The number of amides is 1. The molecule has 0 saturated carbocycles. The number of rotatable bonds is 5. The van der Waals surface area contributed by atoms with Crippen molar-refractivity contribution in [3.8, 4) is 11.8 Å². The summed E-state index contributed by atoms with van der Waals surface area (Å²) in [6, 6.07) is 11.4. The average Bonchev–Trinajstić information content (AvgIpc) is 2.57. The average molecular weight is 373 g/mol. The Bertz CT molecular complexity index is 1020. The first kappa shape index (κ1) is 19.0. The maximum absolute atomic E-state index is 12.2. The Morgan fingerprint density at radius 3 is 2.58 bits per heavy atom. The van der Waals surface area contributed by atoms with Gasteiger partial charge in [0.2, 0.25) is 0 Å². The van der Waals surface area contributed by atoms with Crippen LogP contribution < -0.4 is 10.6 Å². The zero-order valence-corrected chi connectivity index (χ0v) is 14.4. The number of phenols is 1. The highest BCUT2D eigenvalue weighted by molar-refractivity contribution is 7.85. The summed E-state index contributed by atoms with van der Waals surface area (Å²) in [6.45, 7) is 1.68. The number of nitrogens with zero attached hydrogens (tertiary/aromatic N) is 1. The van der Waals surface area contributed by atoms with Crippen molar-refractivity contribution in [3.05, 3.63) is 59.8 Å². The van der Waals surface area contributed by atoms with Crippen LogP contribution >= 0.6 is 0 Å². The van der Waals surface area contributed by atoms with Gasteiger partial charge in [-0.05, 0) is 48.9 Å². The molecule has 0 aromatic heterocycles. The Hall–Kier alpha value is -3.35. The Morgan fingerprint density at radius 2 is 1.96 bits per heavy atom. The second kappa shape index (κ2) is 7.69. The Balaban J connectivity index is 2.17. The molecular formula is C17H15N3O5S. The lowest BCUT2D eigenvalue weighted by atomic mass is 10.2. The minimum atomic E-state index is -4.36. The highest BCUT2D eigenvalue weighted by Crippen LogP contribution is 2.21. The first-order valence-corrected chi connectivity index (χ1v) is 8.70. The van der Waals surface area contributed by atoms with Crippen LogP contribution in [-0.4, -0.2) is 24.0 Å². The molecule has 0 unspecified atom stereocenters. The third-order valence-electron chi connectivity index (χ3n) is 3.34. The van der Waals surface area contributed by atoms with Crippen LogP contribution in [0.15, 0.2) is 59.1 Å². The zero-order valence-electron chi connectivity index (χ0n) is 13.6. The van der Waals surface area contributed by atoms with E-state index in [0.717, 1.165) is 12.3 Å². The maximum Gasteiger partial charge on any atom is 0.294 e. The van der Waals surface area contributed by atoms with Crippen molar-refractivity contribution < 1.29 is 22.9 Å². The van der Waals surface area contributed by atoms with Gasteiger partial charge in [0.25, 0.3) is 16.0 Å². The minimum Gasteiger partial charge on any atom is -0.508 e. The number of phenolic OH excluding ortho intramolecular Hbond substituents is 1. The molecule has 0 saturated heterocycles. The molecule has 8 nitrogen and oxygen atoms in total. The van der Waals surface area contributed by atoms with Crippen molar-refractivity contribution >= 4 is 27.4 Å². The van der Waals surface area contributed by atoms with Crippen molar-refractivity contribution in [2.24, 2.45) is 0 Å². The second-order valence-electron chi connectivity index (χ2n) is 5.27. The highest BCUT2D eigenvalue weighted by Gasteiger charge is 2.12. The lowest BCUT2D eigenvalue weighted by molar-refractivity contribution is -0.112. The topological polar surface area (TPSA) is 140 Å². The second-order valence-corrected chi connectivity index (χ2v) is 6.69. The predicted molar refractivity (Wildman–Crippen MR) is 95.0 cm³/mol. The summed E-state index contributed by atoms with van der Waals surface area (Å²) < 4.78 is 31.3. The summed E-state index contributed by atoms with van der Waals surface area (Å²) in [5.41, 5.74) is 1.06. The van der Waals surface area contributed by atoms with E-state index >= 15 is 0 Å². The number of carbonyl (C=O) groups is 1. The molecule has 0 bridgehead atoms. The van der Waals surface area contributed by atoms with E-state index < -0.39 is 16.0 Å². The summed E-state index contributed by atoms with van der Waals surface area (Å²) in [4.78, 5) is 11.9. The van der Waals surface area contributed by atoms with Gasteiger partial charge in [-0.25, -0.2) is 0 Å². The largest absolute Gasteiger partial charge is 0.508 e. The number of aryl methyl sites for hydroxylation is 1. The number of anilines is 2. The van der Waals surface area contributed by atoms with Gasteiger partial charge < -0.3 is 15.7 Å². The molecule has 0 aliphatic rings. The van der Waals surface area contributed by atoms with Crippen LogP contribution in [0.5, 0.6) is 5.75 Å². The van der Waals surface area contributed by atoms with Crippen LogP contribution in [0.4, 0.5) is 11.4 Å². The fourth-order valence-corrected chi connectivity index (χ4v) is 2.55. The number of hydrogen-bond acceptors (Lipinski definition) is 6. The molecule has 1 amide bonds. The van der Waals surface area contributed by atoms with Crippen molar-refractivity contribution in [1.29, 1.82) is 5.26 Å². The molecule has 2 rings (SSSR count). The molecule has 2 aromatic rings. The molecule has 0 aliphatic heterocycles. The number of hydrogen-bond donors (Lipinski definition) is 4. The quantitative estimate of drug-likeness (QED) is 0.273. The molecule has 0 spiro atoms. The number of benzene rings is 2. The van der Waals surface area contributed by atoms with E-state index in [9.17, 15) is 18.3 Å². The van der Waals surface area contributed by atoms with E-state index in [1.807, 2.05) is 0 Å². The van der Waals surface area contributed by atoms with Crippen LogP contribution in [0.2, 0.25) is 0 Å². The Kier molecular flexibility index (Phi) is 5.61. The third kappa shape index (κ3) is 4.83. The smallest absolute Gasteiger partial charge is 0.294 e. The van der Waals surface area contributed by atoms with Crippen molar-refractivity contribution in [3.63, 3.8) is 0 Å². The summed E-state index contributed by atoms with van der Waals surface area (Å²) >= 11 is 0. The summed E-state index contributed by atoms with van der Waals surface area (Å²) in [5.74, 6) is -0.628. The molecule has 0 radical (unpaired) electrons. The van der Waals surface area contributed by atoms with Gasteiger partial charge in [0.1, 0.15) is 17.4 Å². The third-order valence-corrected chi connectivity index (χ3v) is 4.19. The minimum absolute atomic E-state index is 0.0527. The summed E-state index contributed by atoms with van der Waals surface area (Å²) in [7, 11) is -4.36. The van der Waals surface area contributed by atoms with Crippen LogP contribution in [0.3, 0.4) is 0 Å².